The number of nitrogens with one attached hydrogen (secondary N) is 5. The number of sulfonamides is 1. The van der Waals surface area contributed by atoms with Crippen LogP contribution in [0.1, 0.15) is 158 Å². The maximum Gasteiger partial charge on any atom is 0.501 e. The molecule has 28 heteroatoms. The molecule has 5 amide bonds. The first-order valence-electron chi connectivity index (χ1n) is 37.4. The monoisotopic (exact) mass is 1580 g/mol. The molecule has 3 saturated heterocycles. The molecule has 108 heavy (non-hydrogen) atoms. The predicted octanol–water partition coefficient (Wildman–Crippen LogP) is 13.9. The SMILES string of the molecule is Cc1ncsc1-c1ccc([C@H](C)NC(=O)[C@@H]2CCCN2C(=O)[C@@H](NC(=O)CCCCCCCCC(=O)NC[C@]2(C)CCC(c3ccc(Cl)cc3)=C(CN3CCN(c4ccc(C(=O)NS(=O)(=O)c5ccc(N[C@H](CCN6CCOCC6)CSc6ccccc6)c(S(=O)(=O)C(F)(F)F)c5)cc4)CC3)C2)C(C)(C)C)cc1. The van der Waals surface area contributed by atoms with Gasteiger partial charge in [0.2, 0.25) is 23.6 Å². The zero-order chi connectivity index (χ0) is 77.4. The lowest BCUT2D eigenvalue weighted by Gasteiger charge is -2.41. The molecule has 4 heterocycles. The van der Waals surface area contributed by atoms with Crippen LogP contribution in [0.4, 0.5) is 24.5 Å². The molecular weight excluding hydrogens is 1480 g/mol. The van der Waals surface area contributed by atoms with Crippen molar-refractivity contribution in [2.45, 2.75) is 176 Å². The number of rotatable bonds is 33. The van der Waals surface area contributed by atoms with E-state index in [4.69, 9.17) is 16.3 Å². The Bertz CT molecular complexity index is 4330. The number of ether oxygens (including phenoxy) is 1. The summed E-state index contributed by atoms with van der Waals surface area (Å²) in [5.74, 6) is -1.35. The number of piperazine rings is 1. The number of nitrogens with zero attached hydrogens (tertiary/aromatic N) is 5. The quantitative estimate of drug-likeness (QED) is 0.0190. The van der Waals surface area contributed by atoms with Crippen molar-refractivity contribution in [1.29, 1.82) is 0 Å². The van der Waals surface area contributed by atoms with Crippen LogP contribution in [0.3, 0.4) is 0 Å². The summed E-state index contributed by atoms with van der Waals surface area (Å²) in [6.45, 7) is 19.2. The summed E-state index contributed by atoms with van der Waals surface area (Å²) in [6.07, 6.45) is 9.78. The molecule has 4 aliphatic rings. The van der Waals surface area contributed by atoms with Crippen LogP contribution in [0, 0.1) is 17.8 Å². The maximum absolute atomic E-state index is 14.4. The second-order valence-electron chi connectivity index (χ2n) is 30.2. The number of halogens is 4. The minimum absolute atomic E-state index is 0.0173. The minimum atomic E-state index is -6.11. The fourth-order valence-electron chi connectivity index (χ4n) is 14.5. The first-order chi connectivity index (χ1) is 51.4. The molecule has 584 valence electrons. The fourth-order valence-corrected chi connectivity index (χ4v) is 18.4. The number of hydrogen-bond acceptors (Lipinski definition) is 17. The zero-order valence-corrected chi connectivity index (χ0v) is 66.5. The third-order valence-corrected chi connectivity index (χ3v) is 26.1. The smallest absolute Gasteiger partial charge is 0.380 e. The number of hydrogen-bond donors (Lipinski definition) is 5. The Hall–Kier alpha value is -7.37. The van der Waals surface area contributed by atoms with Gasteiger partial charge in [-0.1, -0.05) is 125 Å². The number of thioether (sulfide) groups is 1. The molecule has 5 atom stereocenters. The van der Waals surface area contributed by atoms with Gasteiger partial charge in [0.05, 0.1) is 45.9 Å². The summed E-state index contributed by atoms with van der Waals surface area (Å²) in [7, 11) is -11.0. The summed E-state index contributed by atoms with van der Waals surface area (Å²) in [4.78, 5) is 81.0. The van der Waals surface area contributed by atoms with E-state index in [2.05, 4.69) is 60.0 Å². The van der Waals surface area contributed by atoms with Crippen LogP contribution in [-0.4, -0.2) is 174 Å². The van der Waals surface area contributed by atoms with Gasteiger partial charge in [0.1, 0.15) is 17.0 Å². The molecule has 0 radical (unpaired) electrons. The second-order valence-corrected chi connectivity index (χ2v) is 36.2. The van der Waals surface area contributed by atoms with Crippen molar-refractivity contribution < 1.29 is 58.7 Å². The van der Waals surface area contributed by atoms with Gasteiger partial charge >= 0.3 is 5.51 Å². The van der Waals surface area contributed by atoms with Crippen LogP contribution >= 0.6 is 34.7 Å². The van der Waals surface area contributed by atoms with E-state index >= 15 is 0 Å². The van der Waals surface area contributed by atoms with Crippen molar-refractivity contribution in [3.8, 4) is 10.4 Å². The van der Waals surface area contributed by atoms with Gasteiger partial charge in [0, 0.05) is 111 Å². The van der Waals surface area contributed by atoms with Gasteiger partial charge in [-0.15, -0.1) is 23.1 Å². The number of morpholine rings is 1. The lowest BCUT2D eigenvalue weighted by molar-refractivity contribution is -0.144. The van der Waals surface area contributed by atoms with Crippen molar-refractivity contribution in [3.05, 3.63) is 160 Å². The van der Waals surface area contributed by atoms with E-state index in [1.807, 2.05) is 112 Å². The number of amides is 5. The van der Waals surface area contributed by atoms with E-state index in [0.717, 1.165) is 101 Å². The minimum Gasteiger partial charge on any atom is -0.380 e. The number of thiazole rings is 1. The molecule has 0 unspecified atom stereocenters. The van der Waals surface area contributed by atoms with Gasteiger partial charge in [0.15, 0.2) is 0 Å². The van der Waals surface area contributed by atoms with Crippen LogP contribution < -0.4 is 30.9 Å². The summed E-state index contributed by atoms with van der Waals surface area (Å²) < 4.78 is 105. The number of allylic oxidation sites excluding steroid dienone is 1. The van der Waals surface area contributed by atoms with E-state index in [1.165, 1.54) is 35.0 Å². The second kappa shape index (κ2) is 37.6. The molecule has 3 aliphatic heterocycles. The molecule has 3 fully saturated rings. The first kappa shape index (κ1) is 83.1. The molecule has 0 bridgehead atoms. The molecular formula is C80H102ClF3N10O10S4. The van der Waals surface area contributed by atoms with Crippen molar-refractivity contribution in [1.82, 2.24) is 40.4 Å². The number of unbranched alkanes of at least 4 members (excludes halogenated alkanes) is 5. The van der Waals surface area contributed by atoms with E-state index in [1.54, 1.807) is 28.4 Å². The Morgan fingerprint density at radius 1 is 0.769 bits per heavy atom. The Morgan fingerprint density at radius 2 is 1.43 bits per heavy atom. The van der Waals surface area contributed by atoms with Crippen LogP contribution in [0.5, 0.6) is 0 Å². The number of likely N-dealkylation sites (tertiary alicyclic amines) is 1. The van der Waals surface area contributed by atoms with Gasteiger partial charge in [-0.05, 0) is 165 Å². The van der Waals surface area contributed by atoms with Gasteiger partial charge < -0.3 is 35.8 Å². The summed E-state index contributed by atoms with van der Waals surface area (Å²) in [5.41, 5.74) is 2.26. The highest BCUT2D eigenvalue weighted by molar-refractivity contribution is 7.99. The summed E-state index contributed by atoms with van der Waals surface area (Å²) in [6, 6.07) is 31.8. The Labute approximate surface area is 647 Å². The van der Waals surface area contributed by atoms with Crippen molar-refractivity contribution >= 4 is 101 Å². The predicted molar refractivity (Wildman–Crippen MR) is 421 cm³/mol. The van der Waals surface area contributed by atoms with Crippen molar-refractivity contribution in [3.63, 3.8) is 0 Å². The molecule has 5 aromatic carbocycles. The Balaban J connectivity index is 0.655. The average Bonchev–Trinajstić information content (AvgIpc) is 0.861. The molecule has 0 saturated carbocycles. The molecule has 0 spiro atoms. The average molecular weight is 1580 g/mol. The lowest BCUT2D eigenvalue weighted by atomic mass is 9.71. The highest BCUT2D eigenvalue weighted by atomic mass is 35.5. The normalized spacial score (nSPS) is 18.6. The molecule has 10 rings (SSSR count). The van der Waals surface area contributed by atoms with Gasteiger partial charge in [-0.2, -0.15) is 13.2 Å². The van der Waals surface area contributed by atoms with Crippen LogP contribution in [0.15, 0.2) is 147 Å². The first-order valence-corrected chi connectivity index (χ1v) is 42.6. The molecule has 1 aromatic heterocycles. The molecule has 20 nitrogen and oxygen atoms in total. The van der Waals surface area contributed by atoms with Crippen LogP contribution in [0.2, 0.25) is 5.02 Å². The van der Waals surface area contributed by atoms with Gasteiger partial charge in [0.25, 0.3) is 25.8 Å². The van der Waals surface area contributed by atoms with E-state index < -0.39 is 70.3 Å². The van der Waals surface area contributed by atoms with Crippen molar-refractivity contribution in [2.24, 2.45) is 10.8 Å². The number of benzene rings is 5. The van der Waals surface area contributed by atoms with Crippen LogP contribution in [-0.2, 0) is 43.8 Å². The Kier molecular flexibility index (Phi) is 28.9. The molecule has 1 aliphatic carbocycles. The largest absolute Gasteiger partial charge is 0.501 e. The van der Waals surface area contributed by atoms with Gasteiger partial charge in [-0.25, -0.2) is 26.5 Å². The summed E-state index contributed by atoms with van der Waals surface area (Å²) >= 11 is 9.38. The number of carbonyl (C=O) groups is 5. The highest BCUT2D eigenvalue weighted by Crippen LogP contribution is 2.44. The molecule has 5 N–H and O–H groups in total. The number of carbonyl (C=O) groups excluding carboxylic acids is 5. The number of alkyl halides is 3. The lowest BCUT2D eigenvalue weighted by Crippen LogP contribution is -2.57. The van der Waals surface area contributed by atoms with Gasteiger partial charge in [-0.3, -0.25) is 33.8 Å². The number of anilines is 2. The topological polar surface area (TPSA) is 249 Å². The van der Waals surface area contributed by atoms with E-state index in [0.29, 0.717) is 128 Å². The third-order valence-electron chi connectivity index (χ3n) is 20.9. The fraction of sp³-hybridized carbons (Fsp3) is 0.500. The Morgan fingerprint density at radius 3 is 2.07 bits per heavy atom. The number of aryl methyl sites for hydroxylation is 1. The van der Waals surface area contributed by atoms with E-state index in [9.17, 15) is 54.0 Å². The molecule has 6 aromatic rings. The standard InChI is InChI=1S/C80H102ClF3N10O10S4/c1-55(57-22-24-59(25-23-57)73-56(2)86-54-106-73)87-76(98)69-19-16-39-94(69)77(99)74(78(3,4)5)89-72(96)21-15-10-8-7-9-14-20-71(95)85-53-79(6)38-36-67(58-26-30-62(81)31-27-58)61(50-79)51-92-41-43-93(44-42-92)64-32-28-60(29-33-64)75(97)90-108(102,103)66-34-35-68(70(49-66)107(100,101)80(82,83)84)88-63(37-40-91-45-47-104-48-46-91)52-105-65-17-12-11-13-18-65/h11-13,17-18,22-35,49,54-55,63,69,74,88H,7-10,14-16,19-21,36-48,50-53H2,1-6H3,(H,85,95)(H,87,98)(H,89,96)(H,90,97)/t55-,63+,69-,74+,79+/m0/s1. The third kappa shape index (κ3) is 22.7. The zero-order valence-electron chi connectivity index (χ0n) is 62.5. The highest BCUT2D eigenvalue weighted by Gasteiger charge is 2.49. The van der Waals surface area contributed by atoms with Crippen molar-refractivity contribution in [2.75, 3.05) is 94.6 Å². The number of aromatic nitrogens is 1. The summed E-state index contributed by atoms with van der Waals surface area (Å²) in [5, 5.41) is 13.1. The number of sulfone groups is 1. The van der Waals surface area contributed by atoms with Crippen LogP contribution in [0.25, 0.3) is 16.0 Å². The van der Waals surface area contributed by atoms with E-state index in [-0.39, 0.29) is 47.1 Å². The maximum atomic E-state index is 14.4.